The maximum atomic E-state index is 12.2. The molecule has 94 valence electrons. The highest BCUT2D eigenvalue weighted by Crippen LogP contribution is 2.21. The number of hydrogen-bond acceptors (Lipinski definition) is 3. The van der Waals surface area contributed by atoms with Crippen molar-refractivity contribution in [3.05, 3.63) is 0 Å². The van der Waals surface area contributed by atoms with Gasteiger partial charge in [-0.1, -0.05) is 20.8 Å². The maximum absolute atomic E-state index is 12.2. The molecule has 2 atom stereocenters. The summed E-state index contributed by atoms with van der Waals surface area (Å²) in [6, 6.07) is 0. The number of nitrogens with two attached hydrogens (primary N) is 1. The van der Waals surface area contributed by atoms with Crippen LogP contribution in [-0.4, -0.2) is 41.4 Å². The van der Waals surface area contributed by atoms with E-state index < -0.39 is 0 Å². The van der Waals surface area contributed by atoms with Gasteiger partial charge in [0.2, 0.25) is 5.91 Å². The molecule has 1 amide bonds. The predicted octanol–water partition coefficient (Wildman–Crippen LogP) is 1.57. The summed E-state index contributed by atoms with van der Waals surface area (Å²) in [5.41, 5.74) is 5.71. The van der Waals surface area contributed by atoms with E-state index >= 15 is 0 Å². The van der Waals surface area contributed by atoms with Gasteiger partial charge in [0.05, 0.1) is 5.92 Å². The Morgan fingerprint density at radius 2 is 2.25 bits per heavy atom. The van der Waals surface area contributed by atoms with Gasteiger partial charge in [-0.2, -0.15) is 11.8 Å². The predicted molar refractivity (Wildman–Crippen MR) is 70.5 cm³/mol. The van der Waals surface area contributed by atoms with Crippen molar-refractivity contribution < 1.29 is 4.79 Å². The first-order chi connectivity index (χ1) is 7.54. The van der Waals surface area contributed by atoms with E-state index in [0.717, 1.165) is 25.3 Å². The third kappa shape index (κ3) is 3.98. The molecule has 0 aromatic rings. The van der Waals surface area contributed by atoms with Crippen molar-refractivity contribution in [3.8, 4) is 0 Å². The van der Waals surface area contributed by atoms with Crippen LogP contribution in [-0.2, 0) is 4.79 Å². The molecule has 0 radical (unpaired) electrons. The van der Waals surface area contributed by atoms with Gasteiger partial charge in [0.15, 0.2) is 0 Å². The number of thioether (sulfide) groups is 1. The van der Waals surface area contributed by atoms with Gasteiger partial charge in [0.25, 0.3) is 0 Å². The number of rotatable bonds is 4. The van der Waals surface area contributed by atoms with Crippen LogP contribution in [0, 0.1) is 11.8 Å². The lowest BCUT2D eigenvalue weighted by molar-refractivity contribution is -0.135. The Kier molecular flexibility index (Phi) is 5.62. The molecule has 1 aliphatic heterocycles. The lowest BCUT2D eigenvalue weighted by atomic mass is 9.96. The zero-order valence-electron chi connectivity index (χ0n) is 10.6. The SMILES string of the molecule is CC(C)CC(CN)C(=O)N1CCSC(C)C1. The molecular formula is C12H24N2OS. The lowest BCUT2D eigenvalue weighted by Gasteiger charge is -2.33. The third-order valence-corrected chi connectivity index (χ3v) is 4.08. The second-order valence-corrected chi connectivity index (χ2v) is 6.57. The fraction of sp³-hybridized carbons (Fsp3) is 0.917. The Morgan fingerprint density at radius 3 is 2.75 bits per heavy atom. The fourth-order valence-electron chi connectivity index (χ4n) is 2.14. The van der Waals surface area contributed by atoms with E-state index in [0.29, 0.717) is 17.7 Å². The molecule has 1 aliphatic rings. The van der Waals surface area contributed by atoms with Crippen molar-refractivity contribution in [3.63, 3.8) is 0 Å². The molecule has 1 rings (SSSR count). The van der Waals surface area contributed by atoms with Crippen molar-refractivity contribution in [2.24, 2.45) is 17.6 Å². The van der Waals surface area contributed by atoms with Crippen molar-refractivity contribution in [2.75, 3.05) is 25.4 Å². The minimum absolute atomic E-state index is 0.0234. The Labute approximate surface area is 103 Å². The summed E-state index contributed by atoms with van der Waals surface area (Å²) >= 11 is 1.95. The van der Waals surface area contributed by atoms with Crippen LogP contribution in [0.15, 0.2) is 0 Å². The second kappa shape index (κ2) is 6.50. The first kappa shape index (κ1) is 13.8. The monoisotopic (exact) mass is 244 g/mol. The maximum Gasteiger partial charge on any atom is 0.227 e. The molecule has 1 fully saturated rings. The molecular weight excluding hydrogens is 220 g/mol. The van der Waals surface area contributed by atoms with Gasteiger partial charge in [0, 0.05) is 30.6 Å². The molecule has 1 saturated heterocycles. The summed E-state index contributed by atoms with van der Waals surface area (Å²) in [6.07, 6.45) is 0.910. The summed E-state index contributed by atoms with van der Waals surface area (Å²) in [5.74, 6) is 1.89. The molecule has 0 bridgehead atoms. The quantitative estimate of drug-likeness (QED) is 0.816. The van der Waals surface area contributed by atoms with E-state index in [2.05, 4.69) is 20.8 Å². The summed E-state index contributed by atoms with van der Waals surface area (Å²) < 4.78 is 0. The van der Waals surface area contributed by atoms with Crippen LogP contribution in [0.4, 0.5) is 0 Å². The summed E-state index contributed by atoms with van der Waals surface area (Å²) in [7, 11) is 0. The summed E-state index contributed by atoms with van der Waals surface area (Å²) in [6.45, 7) is 8.73. The van der Waals surface area contributed by atoms with Crippen molar-refractivity contribution >= 4 is 17.7 Å². The minimum atomic E-state index is 0.0234. The van der Waals surface area contributed by atoms with E-state index in [4.69, 9.17) is 5.73 Å². The van der Waals surface area contributed by atoms with Crippen molar-refractivity contribution in [1.29, 1.82) is 0 Å². The summed E-state index contributed by atoms with van der Waals surface area (Å²) in [5, 5.41) is 0.565. The van der Waals surface area contributed by atoms with Gasteiger partial charge in [-0.05, 0) is 12.3 Å². The van der Waals surface area contributed by atoms with Crippen LogP contribution in [0.25, 0.3) is 0 Å². The van der Waals surface area contributed by atoms with Gasteiger partial charge < -0.3 is 10.6 Å². The zero-order valence-corrected chi connectivity index (χ0v) is 11.4. The largest absolute Gasteiger partial charge is 0.340 e. The highest BCUT2D eigenvalue weighted by Gasteiger charge is 2.27. The van der Waals surface area contributed by atoms with Crippen molar-refractivity contribution in [2.45, 2.75) is 32.4 Å². The molecule has 0 aliphatic carbocycles. The van der Waals surface area contributed by atoms with Crippen molar-refractivity contribution in [1.82, 2.24) is 4.90 Å². The number of hydrogen-bond donors (Lipinski definition) is 1. The molecule has 2 N–H and O–H groups in total. The lowest BCUT2D eigenvalue weighted by Crippen LogP contribution is -2.45. The molecule has 2 unspecified atom stereocenters. The van der Waals surface area contributed by atoms with E-state index in [9.17, 15) is 4.79 Å². The molecule has 4 heteroatoms. The van der Waals surface area contributed by atoms with Crippen LogP contribution in [0.5, 0.6) is 0 Å². The third-order valence-electron chi connectivity index (χ3n) is 2.94. The number of amides is 1. The number of carbonyl (C=O) groups is 1. The van der Waals surface area contributed by atoms with Gasteiger partial charge >= 0.3 is 0 Å². The van der Waals surface area contributed by atoms with Crippen LogP contribution in [0.3, 0.4) is 0 Å². The van der Waals surface area contributed by atoms with Gasteiger partial charge in [-0.3, -0.25) is 4.79 Å². The first-order valence-electron chi connectivity index (χ1n) is 6.15. The van der Waals surface area contributed by atoms with Crippen LogP contribution < -0.4 is 5.73 Å². The average Bonchev–Trinajstić information content (AvgIpc) is 2.24. The smallest absolute Gasteiger partial charge is 0.227 e. The average molecular weight is 244 g/mol. The second-order valence-electron chi connectivity index (χ2n) is 5.03. The Balaban J connectivity index is 2.52. The van der Waals surface area contributed by atoms with E-state index in [1.54, 1.807) is 0 Å². The van der Waals surface area contributed by atoms with Crippen LogP contribution in [0.2, 0.25) is 0 Å². The van der Waals surface area contributed by atoms with E-state index in [-0.39, 0.29) is 11.8 Å². The molecule has 3 nitrogen and oxygen atoms in total. The van der Waals surface area contributed by atoms with Gasteiger partial charge in [-0.25, -0.2) is 0 Å². The van der Waals surface area contributed by atoms with Crippen LogP contribution in [0.1, 0.15) is 27.2 Å². The molecule has 1 heterocycles. The van der Waals surface area contributed by atoms with E-state index in [1.165, 1.54) is 0 Å². The van der Waals surface area contributed by atoms with E-state index in [1.807, 2.05) is 16.7 Å². The Bertz CT molecular complexity index is 227. The zero-order chi connectivity index (χ0) is 12.1. The Morgan fingerprint density at radius 1 is 1.56 bits per heavy atom. The minimum Gasteiger partial charge on any atom is -0.340 e. The van der Waals surface area contributed by atoms with Gasteiger partial charge in [0.1, 0.15) is 0 Å². The highest BCUT2D eigenvalue weighted by molar-refractivity contribution is 7.99. The molecule has 0 spiro atoms. The summed E-state index contributed by atoms with van der Waals surface area (Å²) in [4.78, 5) is 14.2. The normalized spacial score (nSPS) is 23.6. The topological polar surface area (TPSA) is 46.3 Å². The molecule has 16 heavy (non-hydrogen) atoms. The molecule has 0 saturated carbocycles. The highest BCUT2D eigenvalue weighted by atomic mass is 32.2. The van der Waals surface area contributed by atoms with Gasteiger partial charge in [-0.15, -0.1) is 0 Å². The standard InChI is InChI=1S/C12H24N2OS/c1-9(2)6-11(7-13)12(15)14-4-5-16-10(3)8-14/h9-11H,4-8,13H2,1-3H3. The Hall–Kier alpha value is -0.220. The number of nitrogens with zero attached hydrogens (tertiary/aromatic N) is 1. The van der Waals surface area contributed by atoms with Crippen LogP contribution >= 0.6 is 11.8 Å². The first-order valence-corrected chi connectivity index (χ1v) is 7.20. The number of carbonyl (C=O) groups excluding carboxylic acids is 1. The molecule has 0 aromatic carbocycles. The fourth-order valence-corrected chi connectivity index (χ4v) is 3.16. The molecule has 0 aromatic heterocycles.